The molecular weight excluding hydrogens is 248 g/mol. The van der Waals surface area contributed by atoms with Crippen molar-refractivity contribution in [1.29, 1.82) is 0 Å². The number of rotatable bonds is 7. The van der Waals surface area contributed by atoms with Crippen LogP contribution in [0.1, 0.15) is 70.6 Å². The molecule has 3 heteroatoms. The van der Waals surface area contributed by atoms with E-state index in [4.69, 9.17) is 0 Å². The molecule has 0 radical (unpaired) electrons. The van der Waals surface area contributed by atoms with Crippen molar-refractivity contribution >= 4 is 5.91 Å². The number of carbonyl (C=O) groups is 1. The summed E-state index contributed by atoms with van der Waals surface area (Å²) >= 11 is 0. The van der Waals surface area contributed by atoms with E-state index in [1.165, 1.54) is 70.9 Å². The fraction of sp³-hybridized carbons (Fsp3) is 0.941. The number of likely N-dealkylation sites (tertiary alicyclic amines) is 1. The average molecular weight is 281 g/mol. The zero-order valence-electron chi connectivity index (χ0n) is 13.1. The fourth-order valence-electron chi connectivity index (χ4n) is 3.80. The molecule has 0 bridgehead atoms. The lowest BCUT2D eigenvalue weighted by Gasteiger charge is -2.23. The first-order chi connectivity index (χ1) is 9.84. The third-order valence-electron chi connectivity index (χ3n) is 5.10. The van der Waals surface area contributed by atoms with E-state index in [2.05, 4.69) is 5.32 Å². The van der Waals surface area contributed by atoms with Crippen LogP contribution in [0, 0.1) is 5.92 Å². The molecule has 0 aromatic carbocycles. The first kappa shape index (κ1) is 15.8. The van der Waals surface area contributed by atoms with Gasteiger partial charge in [0.25, 0.3) is 0 Å². The predicted octanol–water partition coefficient (Wildman–Crippen LogP) is 1.92. The lowest BCUT2D eigenvalue weighted by atomic mass is 9.86. The summed E-state index contributed by atoms with van der Waals surface area (Å²) in [5, 5.41) is 3.11. The van der Waals surface area contributed by atoms with Gasteiger partial charge in [0.05, 0.1) is 26.2 Å². The molecule has 2 rings (SSSR count). The lowest BCUT2D eigenvalue weighted by molar-refractivity contribution is -0.903. The molecule has 0 aromatic heterocycles. The smallest absolute Gasteiger partial charge is 0.220 e. The number of hydrogen-bond acceptors (Lipinski definition) is 1. The second-order valence-corrected chi connectivity index (χ2v) is 6.81. The quantitative estimate of drug-likeness (QED) is 0.734. The summed E-state index contributed by atoms with van der Waals surface area (Å²) in [6, 6.07) is 0. The number of hydrogen-bond donors (Lipinski definition) is 2. The maximum absolute atomic E-state index is 11.8. The Morgan fingerprint density at radius 2 is 1.70 bits per heavy atom. The number of piperidine rings is 1. The summed E-state index contributed by atoms with van der Waals surface area (Å²) in [7, 11) is 0. The van der Waals surface area contributed by atoms with Gasteiger partial charge in [-0.2, -0.15) is 0 Å². The second-order valence-electron chi connectivity index (χ2n) is 6.81. The molecule has 0 aromatic rings. The highest BCUT2D eigenvalue weighted by atomic mass is 16.1. The van der Waals surface area contributed by atoms with E-state index in [0.717, 1.165) is 31.8 Å². The zero-order valence-corrected chi connectivity index (χ0v) is 13.1. The van der Waals surface area contributed by atoms with Gasteiger partial charge < -0.3 is 10.2 Å². The van der Waals surface area contributed by atoms with Gasteiger partial charge in [0.1, 0.15) is 0 Å². The molecule has 20 heavy (non-hydrogen) atoms. The molecule has 1 amide bonds. The predicted molar refractivity (Wildman–Crippen MR) is 82.9 cm³/mol. The normalized spacial score (nSPS) is 21.8. The number of nitrogens with one attached hydrogen (secondary N) is 2. The lowest BCUT2D eigenvalue weighted by Crippen LogP contribution is -3.13. The van der Waals surface area contributed by atoms with Gasteiger partial charge in [-0.05, 0) is 38.0 Å². The van der Waals surface area contributed by atoms with Crippen LogP contribution in [0.15, 0.2) is 0 Å². The van der Waals surface area contributed by atoms with Crippen LogP contribution < -0.4 is 10.2 Å². The Morgan fingerprint density at radius 3 is 2.45 bits per heavy atom. The van der Waals surface area contributed by atoms with Crippen LogP contribution >= 0.6 is 0 Å². The van der Waals surface area contributed by atoms with Crippen molar-refractivity contribution in [3.8, 4) is 0 Å². The largest absolute Gasteiger partial charge is 0.350 e. The maximum Gasteiger partial charge on any atom is 0.220 e. The van der Waals surface area contributed by atoms with Crippen molar-refractivity contribution in [3.05, 3.63) is 0 Å². The van der Waals surface area contributed by atoms with Crippen LogP contribution in [0.3, 0.4) is 0 Å². The van der Waals surface area contributed by atoms with Crippen LogP contribution in [-0.4, -0.2) is 32.1 Å². The summed E-state index contributed by atoms with van der Waals surface area (Å²) in [6.07, 6.45) is 14.3. The van der Waals surface area contributed by atoms with Gasteiger partial charge in [0.2, 0.25) is 5.91 Å². The Morgan fingerprint density at radius 1 is 1.00 bits per heavy atom. The summed E-state index contributed by atoms with van der Waals surface area (Å²) < 4.78 is 0. The minimum atomic E-state index is 0.275. The first-order valence-electron chi connectivity index (χ1n) is 8.95. The van der Waals surface area contributed by atoms with E-state index in [-0.39, 0.29) is 5.91 Å². The van der Waals surface area contributed by atoms with Crippen molar-refractivity contribution in [2.75, 3.05) is 26.2 Å². The Hall–Kier alpha value is -0.570. The molecule has 1 saturated heterocycles. The van der Waals surface area contributed by atoms with Crippen molar-refractivity contribution in [3.63, 3.8) is 0 Å². The van der Waals surface area contributed by atoms with E-state index in [0.29, 0.717) is 0 Å². The Labute approximate surface area is 124 Å². The molecule has 2 N–H and O–H groups in total. The maximum atomic E-state index is 11.8. The van der Waals surface area contributed by atoms with Crippen LogP contribution in [0.5, 0.6) is 0 Å². The molecule has 116 valence electrons. The molecular formula is C17H33N2O+. The highest BCUT2D eigenvalue weighted by Gasteiger charge is 2.15. The first-order valence-corrected chi connectivity index (χ1v) is 8.95. The van der Waals surface area contributed by atoms with Crippen LogP contribution in [0.25, 0.3) is 0 Å². The van der Waals surface area contributed by atoms with Gasteiger partial charge in [-0.1, -0.05) is 32.1 Å². The van der Waals surface area contributed by atoms with Gasteiger partial charge in [0, 0.05) is 6.42 Å². The molecule has 0 spiro atoms. The van der Waals surface area contributed by atoms with Crippen molar-refractivity contribution in [2.24, 2.45) is 5.92 Å². The number of quaternary nitrogens is 1. The van der Waals surface area contributed by atoms with E-state index in [9.17, 15) is 4.79 Å². The molecule has 1 saturated carbocycles. The summed E-state index contributed by atoms with van der Waals surface area (Å²) in [5.41, 5.74) is 0. The number of carbonyl (C=O) groups excluding carboxylic acids is 1. The van der Waals surface area contributed by atoms with E-state index < -0.39 is 0 Å². The van der Waals surface area contributed by atoms with Gasteiger partial charge in [-0.25, -0.2) is 0 Å². The van der Waals surface area contributed by atoms with Crippen LogP contribution in [-0.2, 0) is 4.79 Å². The highest BCUT2D eigenvalue weighted by molar-refractivity contribution is 5.75. The van der Waals surface area contributed by atoms with Crippen LogP contribution in [0.4, 0.5) is 0 Å². The molecule has 1 aliphatic carbocycles. The molecule has 0 atom stereocenters. The van der Waals surface area contributed by atoms with Gasteiger partial charge in [-0.3, -0.25) is 4.79 Å². The Bertz CT molecular complexity index is 242. The van der Waals surface area contributed by atoms with Crippen molar-refractivity contribution < 1.29 is 9.69 Å². The standard InChI is InChI=1S/C17H32N2O/c20-17(11-7-10-16-8-3-1-4-9-16)18-12-15-19-13-5-2-6-14-19/h16H,1-15H2,(H,18,20)/p+1. The summed E-state index contributed by atoms with van der Waals surface area (Å²) in [6.45, 7) is 4.60. The SMILES string of the molecule is O=C(CCCC1CCCCC1)NCC[NH+]1CCCCC1. The molecule has 3 nitrogen and oxygen atoms in total. The second kappa shape index (κ2) is 9.38. The average Bonchev–Trinajstić information content (AvgIpc) is 2.49. The summed E-state index contributed by atoms with van der Waals surface area (Å²) in [4.78, 5) is 13.5. The Balaban J connectivity index is 1.45. The topological polar surface area (TPSA) is 33.5 Å². The fourth-order valence-corrected chi connectivity index (χ4v) is 3.80. The molecule has 2 aliphatic rings. The molecule has 1 aliphatic heterocycles. The number of amides is 1. The minimum Gasteiger partial charge on any atom is -0.350 e. The molecule has 2 fully saturated rings. The summed E-state index contributed by atoms with van der Waals surface area (Å²) in [5.74, 6) is 1.19. The molecule has 1 heterocycles. The Kier molecular flexibility index (Phi) is 7.42. The van der Waals surface area contributed by atoms with E-state index in [1.54, 1.807) is 4.90 Å². The third kappa shape index (κ3) is 6.25. The molecule has 0 unspecified atom stereocenters. The van der Waals surface area contributed by atoms with Crippen molar-refractivity contribution in [1.82, 2.24) is 5.32 Å². The monoisotopic (exact) mass is 281 g/mol. The highest BCUT2D eigenvalue weighted by Crippen LogP contribution is 2.27. The van der Waals surface area contributed by atoms with E-state index >= 15 is 0 Å². The van der Waals surface area contributed by atoms with Gasteiger partial charge in [-0.15, -0.1) is 0 Å². The minimum absolute atomic E-state index is 0.275. The van der Waals surface area contributed by atoms with Gasteiger partial charge in [0.15, 0.2) is 0 Å². The van der Waals surface area contributed by atoms with Gasteiger partial charge >= 0.3 is 0 Å². The third-order valence-corrected chi connectivity index (χ3v) is 5.10. The van der Waals surface area contributed by atoms with Crippen molar-refractivity contribution in [2.45, 2.75) is 70.6 Å². The zero-order chi connectivity index (χ0) is 14.0. The van der Waals surface area contributed by atoms with Crippen LogP contribution in [0.2, 0.25) is 0 Å². The van der Waals surface area contributed by atoms with E-state index in [1.807, 2.05) is 0 Å².